The molecule has 0 spiro atoms. The molecule has 2 aliphatic heterocycles. The van der Waals surface area contributed by atoms with Crippen molar-refractivity contribution in [1.29, 1.82) is 0 Å². The number of carbonyl (C=O) groups excluding carboxylic acids is 1. The van der Waals surface area contributed by atoms with Crippen molar-refractivity contribution >= 4 is 12.0 Å². The maximum atomic E-state index is 14.0. The number of benzene rings is 2. The van der Waals surface area contributed by atoms with E-state index < -0.39 is 17.7 Å². The highest BCUT2D eigenvalue weighted by Gasteiger charge is 2.45. The summed E-state index contributed by atoms with van der Waals surface area (Å²) in [5, 5.41) is 0. The molecule has 2 fully saturated rings. The minimum absolute atomic E-state index is 0.163. The van der Waals surface area contributed by atoms with Crippen LogP contribution in [0.5, 0.6) is 5.75 Å². The van der Waals surface area contributed by atoms with Crippen molar-refractivity contribution < 1.29 is 27.8 Å². The number of fused-ring (bicyclic) bond motifs is 1. The molecule has 9 heteroatoms. The first-order valence-corrected chi connectivity index (χ1v) is 11.3. The van der Waals surface area contributed by atoms with Gasteiger partial charge in [0.05, 0.1) is 50.1 Å². The third kappa shape index (κ3) is 4.27. The van der Waals surface area contributed by atoms with Gasteiger partial charge in [0.15, 0.2) is 17.4 Å². The Bertz CT molecular complexity index is 1310. The summed E-state index contributed by atoms with van der Waals surface area (Å²) < 4.78 is 46.6. The molecule has 182 valence electrons. The second-order valence-electron chi connectivity index (χ2n) is 8.69. The Hall–Kier alpha value is -3.72. The number of morpholine rings is 2. The van der Waals surface area contributed by atoms with E-state index in [0.717, 1.165) is 23.5 Å². The Labute approximate surface area is 201 Å². The van der Waals surface area contributed by atoms with E-state index >= 15 is 0 Å². The maximum absolute atomic E-state index is 14.0. The molecule has 35 heavy (non-hydrogen) atoms. The number of halogens is 2. The SMILES string of the molecule is COc1cc(/C=C2\O[C@@H](C)[C@H]3COC[C@@H](c4ccc(F)c(F)c4)N3C2=O)ccc1-n1cnc(C)c1. The van der Waals surface area contributed by atoms with Gasteiger partial charge < -0.3 is 23.7 Å². The van der Waals surface area contributed by atoms with Crippen LogP contribution in [0.15, 0.2) is 54.7 Å². The van der Waals surface area contributed by atoms with E-state index in [9.17, 15) is 13.6 Å². The van der Waals surface area contributed by atoms with Crippen LogP contribution < -0.4 is 4.74 Å². The molecule has 1 aromatic heterocycles. The second kappa shape index (κ2) is 9.14. The third-order valence-corrected chi connectivity index (χ3v) is 6.38. The molecule has 0 aliphatic carbocycles. The summed E-state index contributed by atoms with van der Waals surface area (Å²) >= 11 is 0. The zero-order valence-electron chi connectivity index (χ0n) is 19.6. The molecular formula is C26H25F2N3O4. The normalized spacial score (nSPS) is 23.2. The van der Waals surface area contributed by atoms with Crippen LogP contribution in [0, 0.1) is 18.6 Å². The summed E-state index contributed by atoms with van der Waals surface area (Å²) in [5.74, 6) is -1.46. The molecule has 1 amide bonds. The van der Waals surface area contributed by atoms with Crippen molar-refractivity contribution in [2.24, 2.45) is 0 Å². The summed E-state index contributed by atoms with van der Waals surface area (Å²) in [6, 6.07) is 8.30. The molecule has 2 aromatic carbocycles. The lowest BCUT2D eigenvalue weighted by Gasteiger charge is -2.47. The Balaban J connectivity index is 1.48. The lowest BCUT2D eigenvalue weighted by atomic mass is 9.97. The van der Waals surface area contributed by atoms with Crippen LogP contribution in [-0.4, -0.2) is 52.8 Å². The Morgan fingerprint density at radius 1 is 1.14 bits per heavy atom. The molecule has 0 N–H and O–H groups in total. The number of nitrogens with zero attached hydrogens (tertiary/aromatic N) is 3. The number of ether oxygens (including phenoxy) is 3. The van der Waals surface area contributed by atoms with E-state index in [1.165, 1.54) is 6.07 Å². The van der Waals surface area contributed by atoms with Crippen molar-refractivity contribution in [2.75, 3.05) is 20.3 Å². The average Bonchev–Trinajstić information content (AvgIpc) is 3.29. The van der Waals surface area contributed by atoms with Crippen molar-refractivity contribution in [2.45, 2.75) is 32.0 Å². The molecule has 0 radical (unpaired) electrons. The van der Waals surface area contributed by atoms with Gasteiger partial charge in [-0.3, -0.25) is 4.79 Å². The van der Waals surface area contributed by atoms with Crippen LogP contribution in [0.4, 0.5) is 8.78 Å². The minimum atomic E-state index is -0.964. The van der Waals surface area contributed by atoms with Crippen molar-refractivity contribution in [1.82, 2.24) is 14.5 Å². The number of amides is 1. The van der Waals surface area contributed by atoms with E-state index in [1.54, 1.807) is 24.4 Å². The van der Waals surface area contributed by atoms with Crippen LogP contribution in [-0.2, 0) is 14.3 Å². The number of rotatable bonds is 4. The van der Waals surface area contributed by atoms with Gasteiger partial charge in [-0.1, -0.05) is 12.1 Å². The first kappa shape index (κ1) is 23.0. The van der Waals surface area contributed by atoms with E-state index in [1.807, 2.05) is 42.8 Å². The molecule has 0 bridgehead atoms. The number of aryl methyl sites for hydroxylation is 1. The summed E-state index contributed by atoms with van der Waals surface area (Å²) in [4.78, 5) is 19.5. The highest BCUT2D eigenvalue weighted by molar-refractivity contribution is 5.97. The Morgan fingerprint density at radius 2 is 1.97 bits per heavy atom. The first-order chi connectivity index (χ1) is 16.9. The highest BCUT2D eigenvalue weighted by Crippen LogP contribution is 2.36. The van der Waals surface area contributed by atoms with Gasteiger partial charge in [0.25, 0.3) is 5.91 Å². The molecule has 2 saturated heterocycles. The molecule has 5 rings (SSSR count). The zero-order chi connectivity index (χ0) is 24.7. The monoisotopic (exact) mass is 481 g/mol. The van der Waals surface area contributed by atoms with Gasteiger partial charge >= 0.3 is 0 Å². The lowest BCUT2D eigenvalue weighted by Crippen LogP contribution is -2.59. The summed E-state index contributed by atoms with van der Waals surface area (Å²) in [6.45, 7) is 4.24. The molecule has 7 nitrogen and oxygen atoms in total. The molecule has 3 heterocycles. The largest absolute Gasteiger partial charge is 0.495 e. The van der Waals surface area contributed by atoms with Gasteiger partial charge in [-0.2, -0.15) is 0 Å². The summed E-state index contributed by atoms with van der Waals surface area (Å²) in [7, 11) is 1.58. The van der Waals surface area contributed by atoms with Gasteiger partial charge in [-0.05, 0) is 55.3 Å². The van der Waals surface area contributed by atoms with Crippen LogP contribution in [0.25, 0.3) is 11.8 Å². The standard InChI is InChI=1S/C26H25F2N3O4/c1-15-11-30(14-29-15)21-7-4-17(8-24(21)33-3)9-25-26(32)31-22(16(2)35-25)12-34-13-23(31)18-5-6-19(27)20(28)10-18/h4-11,14,16,22-23H,12-13H2,1-3H3/b25-9-/t16-,22+,23-/m0/s1. The fraction of sp³-hybridized carbons (Fsp3) is 0.308. The fourth-order valence-corrected chi connectivity index (χ4v) is 4.58. The fourth-order valence-electron chi connectivity index (χ4n) is 4.58. The molecule has 0 unspecified atom stereocenters. The minimum Gasteiger partial charge on any atom is -0.495 e. The summed E-state index contributed by atoms with van der Waals surface area (Å²) in [6.07, 6.45) is 4.90. The van der Waals surface area contributed by atoms with Crippen molar-refractivity contribution in [3.05, 3.63) is 83.1 Å². The van der Waals surface area contributed by atoms with Gasteiger partial charge in [0, 0.05) is 6.20 Å². The van der Waals surface area contributed by atoms with E-state index in [-0.39, 0.29) is 30.4 Å². The zero-order valence-corrected chi connectivity index (χ0v) is 19.6. The number of hydrogen-bond acceptors (Lipinski definition) is 5. The predicted octanol–water partition coefficient (Wildman–Crippen LogP) is 4.20. The molecular weight excluding hydrogens is 456 g/mol. The highest BCUT2D eigenvalue weighted by atomic mass is 19.2. The summed E-state index contributed by atoms with van der Waals surface area (Å²) in [5.41, 5.74) is 2.88. The van der Waals surface area contributed by atoms with Crippen LogP contribution in [0.2, 0.25) is 0 Å². The van der Waals surface area contributed by atoms with Gasteiger partial charge in [0.1, 0.15) is 11.9 Å². The smallest absolute Gasteiger partial charge is 0.290 e. The number of hydrogen-bond donors (Lipinski definition) is 0. The maximum Gasteiger partial charge on any atom is 0.290 e. The van der Waals surface area contributed by atoms with E-state index in [4.69, 9.17) is 14.2 Å². The van der Waals surface area contributed by atoms with Gasteiger partial charge in [-0.15, -0.1) is 0 Å². The van der Waals surface area contributed by atoms with E-state index in [2.05, 4.69) is 4.98 Å². The molecule has 0 saturated carbocycles. The molecule has 3 atom stereocenters. The molecule has 3 aromatic rings. The number of aromatic nitrogens is 2. The quantitative estimate of drug-likeness (QED) is 0.523. The topological polar surface area (TPSA) is 65.8 Å². The third-order valence-electron chi connectivity index (χ3n) is 6.38. The van der Waals surface area contributed by atoms with Crippen molar-refractivity contribution in [3.63, 3.8) is 0 Å². The Kier molecular flexibility index (Phi) is 6.02. The van der Waals surface area contributed by atoms with Gasteiger partial charge in [-0.25, -0.2) is 13.8 Å². The number of imidazole rings is 1. The van der Waals surface area contributed by atoms with Crippen LogP contribution >= 0.6 is 0 Å². The van der Waals surface area contributed by atoms with E-state index in [0.29, 0.717) is 23.5 Å². The second-order valence-corrected chi connectivity index (χ2v) is 8.69. The van der Waals surface area contributed by atoms with Crippen molar-refractivity contribution in [3.8, 4) is 11.4 Å². The average molecular weight is 481 g/mol. The number of carbonyl (C=O) groups is 1. The van der Waals surface area contributed by atoms with Gasteiger partial charge in [0.2, 0.25) is 0 Å². The van der Waals surface area contributed by atoms with Crippen LogP contribution in [0.1, 0.15) is 29.8 Å². The van der Waals surface area contributed by atoms with Crippen LogP contribution in [0.3, 0.4) is 0 Å². The predicted molar refractivity (Wildman–Crippen MR) is 124 cm³/mol. The molecule has 2 aliphatic rings. The Morgan fingerprint density at radius 3 is 2.69 bits per heavy atom. The number of methoxy groups -OCH3 is 1. The lowest BCUT2D eigenvalue weighted by molar-refractivity contribution is -0.166. The first-order valence-electron chi connectivity index (χ1n) is 11.3.